The normalized spacial score (nSPS) is 16.2. The molecule has 1 aliphatic heterocycles. The van der Waals surface area contributed by atoms with Gasteiger partial charge >= 0.3 is 0 Å². The Morgan fingerprint density at radius 1 is 1.09 bits per heavy atom. The van der Waals surface area contributed by atoms with Crippen molar-refractivity contribution in [2.75, 3.05) is 39.3 Å². The summed E-state index contributed by atoms with van der Waals surface area (Å²) in [5, 5.41) is 14.3. The molecule has 0 aliphatic carbocycles. The number of aromatic nitrogens is 2. The van der Waals surface area contributed by atoms with Crippen LogP contribution in [0.15, 0.2) is 61.2 Å². The summed E-state index contributed by atoms with van der Waals surface area (Å²) >= 11 is 0. The lowest BCUT2D eigenvalue weighted by atomic mass is 10.0. The molecule has 1 aromatic heterocycles. The van der Waals surface area contributed by atoms with Crippen LogP contribution in [0.5, 0.6) is 0 Å². The Bertz CT molecular complexity index is 1010. The maximum Gasteiger partial charge on any atom is 0.131 e. The minimum absolute atomic E-state index is 0.200. The second-order valence-electron chi connectivity index (χ2n) is 8.15. The molecule has 1 N–H and O–H groups in total. The summed E-state index contributed by atoms with van der Waals surface area (Å²) in [6.07, 6.45) is 8.51. The fourth-order valence-electron chi connectivity index (χ4n) is 4.31. The van der Waals surface area contributed by atoms with E-state index in [9.17, 15) is 5.11 Å². The van der Waals surface area contributed by atoms with Crippen LogP contribution in [0.3, 0.4) is 0 Å². The van der Waals surface area contributed by atoms with E-state index in [1.807, 2.05) is 25.1 Å². The van der Waals surface area contributed by atoms with Crippen LogP contribution in [0.4, 0.5) is 0 Å². The summed E-state index contributed by atoms with van der Waals surface area (Å²) in [6.45, 7) is 17.2. The fraction of sp³-hybridized carbons (Fsp3) is 0.370. The highest BCUT2D eigenvalue weighted by Crippen LogP contribution is 2.29. The lowest BCUT2D eigenvalue weighted by Crippen LogP contribution is -2.47. The first kappa shape index (κ1) is 23.8. The van der Waals surface area contributed by atoms with E-state index in [1.165, 1.54) is 11.1 Å². The lowest BCUT2D eigenvalue weighted by molar-refractivity contribution is 0.139. The minimum Gasteiger partial charge on any atom is -0.395 e. The second-order valence-corrected chi connectivity index (χ2v) is 8.15. The van der Waals surface area contributed by atoms with Gasteiger partial charge in [0.2, 0.25) is 0 Å². The fourth-order valence-corrected chi connectivity index (χ4v) is 4.31. The van der Waals surface area contributed by atoms with Crippen molar-refractivity contribution in [3.8, 4) is 0 Å². The van der Waals surface area contributed by atoms with E-state index in [2.05, 4.69) is 78.3 Å². The Kier molecular flexibility index (Phi) is 8.26. The number of benzene rings is 1. The summed E-state index contributed by atoms with van der Waals surface area (Å²) in [7, 11) is 0. The highest BCUT2D eigenvalue weighted by molar-refractivity contribution is 5.80. The van der Waals surface area contributed by atoms with Crippen LogP contribution >= 0.6 is 0 Å². The molecule has 5 nitrogen and oxygen atoms in total. The first-order valence-corrected chi connectivity index (χ1v) is 11.4. The zero-order valence-corrected chi connectivity index (χ0v) is 19.9. The molecule has 1 aromatic carbocycles. The van der Waals surface area contributed by atoms with Gasteiger partial charge in [-0.2, -0.15) is 5.10 Å². The van der Waals surface area contributed by atoms with E-state index >= 15 is 0 Å². The molecule has 0 saturated carbocycles. The molecule has 1 saturated heterocycles. The molecule has 170 valence electrons. The highest BCUT2D eigenvalue weighted by Gasteiger charge is 2.23. The molecular formula is C27H36N4O. The molecule has 2 heterocycles. The van der Waals surface area contributed by atoms with Gasteiger partial charge in [0.05, 0.1) is 18.0 Å². The van der Waals surface area contributed by atoms with E-state index in [0.29, 0.717) is 0 Å². The van der Waals surface area contributed by atoms with Crippen molar-refractivity contribution < 1.29 is 5.11 Å². The van der Waals surface area contributed by atoms with Gasteiger partial charge in [-0.05, 0) is 50.5 Å². The van der Waals surface area contributed by atoms with Crippen molar-refractivity contribution in [3.05, 3.63) is 83.7 Å². The molecule has 0 bridgehead atoms. The number of piperazine rings is 1. The van der Waals surface area contributed by atoms with Crippen LogP contribution in [-0.2, 0) is 0 Å². The average Bonchev–Trinajstić information content (AvgIpc) is 3.10. The van der Waals surface area contributed by atoms with Gasteiger partial charge in [-0.3, -0.25) is 4.90 Å². The first-order chi connectivity index (χ1) is 15.5. The summed E-state index contributed by atoms with van der Waals surface area (Å²) in [5.74, 6) is 1.05. The maximum atomic E-state index is 9.30. The molecule has 0 spiro atoms. The standard InChI is InChI=1S/C27H36N4O/c1-6-11-24(7-2)27-22(4)28-31(23(27)5)26(20-21(3)25-12-9-8-10-13-25)30-16-14-29(15-17-30)18-19-32/h6-13,20,32H,3,14-19H2,1-2,4-5H3/b11-6-,24-7+,26-20-. The van der Waals surface area contributed by atoms with Crippen LogP contribution < -0.4 is 0 Å². The Labute approximate surface area is 192 Å². The number of aliphatic hydroxyl groups excluding tert-OH is 1. The van der Waals surface area contributed by atoms with Crippen LogP contribution in [0.1, 0.15) is 36.4 Å². The average molecular weight is 433 g/mol. The van der Waals surface area contributed by atoms with Gasteiger partial charge in [0, 0.05) is 38.3 Å². The number of aryl methyl sites for hydroxylation is 1. The van der Waals surface area contributed by atoms with Crippen LogP contribution in [0.25, 0.3) is 17.0 Å². The van der Waals surface area contributed by atoms with Gasteiger partial charge in [-0.1, -0.05) is 55.1 Å². The topological polar surface area (TPSA) is 44.5 Å². The SMILES string of the molecule is C=C(/C=C(/N1CCN(CCO)CC1)n1nc(C)c(C(/C=C\C)=C/C)c1C)c1ccccc1. The zero-order chi connectivity index (χ0) is 23.1. The van der Waals surface area contributed by atoms with E-state index in [0.717, 1.165) is 61.1 Å². The van der Waals surface area contributed by atoms with E-state index in [1.54, 1.807) is 0 Å². The van der Waals surface area contributed by atoms with Gasteiger partial charge in [0.25, 0.3) is 0 Å². The molecule has 2 aromatic rings. The summed E-state index contributed by atoms with van der Waals surface area (Å²) in [5.41, 5.74) is 6.58. The third kappa shape index (κ3) is 5.29. The van der Waals surface area contributed by atoms with Crippen LogP contribution in [0, 0.1) is 13.8 Å². The van der Waals surface area contributed by atoms with Crippen molar-refractivity contribution in [1.82, 2.24) is 19.6 Å². The van der Waals surface area contributed by atoms with Crippen molar-refractivity contribution in [1.29, 1.82) is 0 Å². The molecule has 3 rings (SSSR count). The monoisotopic (exact) mass is 432 g/mol. The van der Waals surface area contributed by atoms with Crippen molar-refractivity contribution in [3.63, 3.8) is 0 Å². The minimum atomic E-state index is 0.200. The molecule has 32 heavy (non-hydrogen) atoms. The smallest absolute Gasteiger partial charge is 0.131 e. The molecule has 0 atom stereocenters. The number of hydrogen-bond donors (Lipinski definition) is 1. The number of β-amino-alcohol motifs (C(OH)–C–C–N with tert-alkyl or cyclic N) is 1. The summed E-state index contributed by atoms with van der Waals surface area (Å²) in [6, 6.07) is 10.3. The number of nitrogens with zero attached hydrogens (tertiary/aromatic N) is 4. The maximum absolute atomic E-state index is 9.30. The van der Waals surface area contributed by atoms with Crippen molar-refractivity contribution in [2.24, 2.45) is 0 Å². The van der Waals surface area contributed by atoms with Gasteiger partial charge in [-0.15, -0.1) is 0 Å². The number of aliphatic hydroxyl groups is 1. The summed E-state index contributed by atoms with van der Waals surface area (Å²) < 4.78 is 2.08. The third-order valence-corrected chi connectivity index (χ3v) is 6.01. The molecule has 5 heteroatoms. The molecular weight excluding hydrogens is 396 g/mol. The molecule has 0 unspecified atom stereocenters. The van der Waals surface area contributed by atoms with Crippen molar-refractivity contribution >= 4 is 17.0 Å². The second kappa shape index (κ2) is 11.1. The van der Waals surface area contributed by atoms with Gasteiger partial charge in [0.1, 0.15) is 5.82 Å². The van der Waals surface area contributed by atoms with E-state index in [-0.39, 0.29) is 6.61 Å². The van der Waals surface area contributed by atoms with E-state index in [4.69, 9.17) is 5.10 Å². The molecule has 1 fully saturated rings. The van der Waals surface area contributed by atoms with Gasteiger partial charge in [-0.25, -0.2) is 4.68 Å². The van der Waals surface area contributed by atoms with E-state index < -0.39 is 0 Å². The Morgan fingerprint density at radius 2 is 1.78 bits per heavy atom. The Balaban J connectivity index is 2.04. The predicted molar refractivity (Wildman–Crippen MR) is 135 cm³/mol. The van der Waals surface area contributed by atoms with Gasteiger partial charge in [0.15, 0.2) is 0 Å². The highest BCUT2D eigenvalue weighted by atomic mass is 16.3. The van der Waals surface area contributed by atoms with Crippen molar-refractivity contribution in [2.45, 2.75) is 27.7 Å². The molecule has 1 aliphatic rings. The molecule has 0 radical (unpaired) electrons. The van der Waals surface area contributed by atoms with Crippen LogP contribution in [0.2, 0.25) is 0 Å². The zero-order valence-electron chi connectivity index (χ0n) is 19.9. The third-order valence-electron chi connectivity index (χ3n) is 6.01. The number of allylic oxidation sites excluding steroid dienone is 6. The predicted octanol–water partition coefficient (Wildman–Crippen LogP) is 4.60. The summed E-state index contributed by atoms with van der Waals surface area (Å²) in [4.78, 5) is 4.69. The van der Waals surface area contributed by atoms with Crippen LogP contribution in [-0.4, -0.2) is 64.0 Å². The first-order valence-electron chi connectivity index (χ1n) is 11.4. The van der Waals surface area contributed by atoms with Gasteiger partial charge < -0.3 is 10.0 Å². The quantitative estimate of drug-likeness (QED) is 0.619. The number of hydrogen-bond acceptors (Lipinski definition) is 4. The molecule has 0 amide bonds. The Hall–Kier alpha value is -2.89. The largest absolute Gasteiger partial charge is 0.395 e. The Morgan fingerprint density at radius 3 is 2.38 bits per heavy atom. The number of rotatable bonds is 8. The lowest BCUT2D eigenvalue weighted by Gasteiger charge is -2.37.